The molecule has 86 valence electrons. The number of carbonyl (C=O) groups is 1. The molecule has 2 bridgehead atoms. The van der Waals surface area contributed by atoms with Crippen LogP contribution in [-0.4, -0.2) is 17.7 Å². The van der Waals surface area contributed by atoms with E-state index in [-0.39, 0.29) is 22.9 Å². The largest absolute Gasteiger partial charge is 0.462 e. The van der Waals surface area contributed by atoms with Crippen molar-refractivity contribution >= 4 is 5.97 Å². The minimum absolute atomic E-state index is 0.201. The van der Waals surface area contributed by atoms with Gasteiger partial charge in [0.1, 0.15) is 11.8 Å². The topological polar surface area (TPSA) is 26.3 Å². The minimum Gasteiger partial charge on any atom is -0.462 e. The maximum absolute atomic E-state index is 14.6. The minimum atomic E-state index is -1.15. The molecular weight excluding hydrogens is 195 g/mol. The van der Waals surface area contributed by atoms with Gasteiger partial charge in [-0.1, -0.05) is 20.8 Å². The number of hydrogen-bond donors (Lipinski definition) is 0. The number of ether oxygens (including phenoxy) is 1. The Kier molecular flexibility index (Phi) is 1.99. The molecule has 2 aliphatic carbocycles. The van der Waals surface area contributed by atoms with Crippen molar-refractivity contribution in [3.8, 4) is 0 Å². The third-order valence-electron chi connectivity index (χ3n) is 5.12. The Bertz CT molecular complexity index is 313. The molecule has 3 unspecified atom stereocenters. The van der Waals surface area contributed by atoms with E-state index >= 15 is 0 Å². The molecule has 2 aliphatic rings. The van der Waals surface area contributed by atoms with Crippen molar-refractivity contribution in [3.63, 3.8) is 0 Å². The van der Waals surface area contributed by atoms with Crippen molar-refractivity contribution in [1.29, 1.82) is 0 Å². The lowest BCUT2D eigenvalue weighted by atomic mass is 9.69. The smallest absolute Gasteiger partial charge is 0.302 e. The van der Waals surface area contributed by atoms with E-state index in [9.17, 15) is 9.18 Å². The van der Waals surface area contributed by atoms with Crippen LogP contribution in [-0.2, 0) is 9.53 Å². The Morgan fingerprint density at radius 2 is 1.93 bits per heavy atom. The van der Waals surface area contributed by atoms with Crippen molar-refractivity contribution in [2.24, 2.45) is 10.8 Å². The molecule has 0 amide bonds. The Hall–Kier alpha value is -0.600. The normalized spacial score (nSPS) is 46.9. The standard InChI is InChI=1S/C12H19FO2/c1-8(14)15-9-7-12(13)6-5-11(9,4)10(12,2)3/h9H,5-7H2,1-4H3. The van der Waals surface area contributed by atoms with Crippen LogP contribution < -0.4 is 0 Å². The Labute approximate surface area is 90.2 Å². The second-order valence-electron chi connectivity index (χ2n) is 5.81. The highest BCUT2D eigenvalue weighted by Crippen LogP contribution is 2.69. The molecule has 15 heavy (non-hydrogen) atoms. The van der Waals surface area contributed by atoms with Gasteiger partial charge in [-0.15, -0.1) is 0 Å². The average molecular weight is 214 g/mol. The van der Waals surface area contributed by atoms with Crippen LogP contribution in [0.25, 0.3) is 0 Å². The molecule has 2 fully saturated rings. The number of rotatable bonds is 1. The Morgan fingerprint density at radius 3 is 2.27 bits per heavy atom. The van der Waals surface area contributed by atoms with Gasteiger partial charge in [0.25, 0.3) is 0 Å². The average Bonchev–Trinajstić information content (AvgIpc) is 2.33. The van der Waals surface area contributed by atoms with Gasteiger partial charge in [-0.2, -0.15) is 0 Å². The molecule has 0 heterocycles. The summed E-state index contributed by atoms with van der Waals surface area (Å²) in [5.41, 5.74) is -1.74. The molecule has 0 aromatic heterocycles. The fourth-order valence-electron chi connectivity index (χ4n) is 3.41. The monoisotopic (exact) mass is 214 g/mol. The zero-order valence-electron chi connectivity index (χ0n) is 9.89. The summed E-state index contributed by atoms with van der Waals surface area (Å²) in [6, 6.07) is 0. The lowest BCUT2D eigenvalue weighted by Gasteiger charge is -2.38. The van der Waals surface area contributed by atoms with E-state index in [4.69, 9.17) is 4.74 Å². The van der Waals surface area contributed by atoms with E-state index < -0.39 is 5.67 Å². The summed E-state index contributed by atoms with van der Waals surface area (Å²) in [6.07, 6.45) is 1.54. The first-order chi connectivity index (χ1) is 6.73. The summed E-state index contributed by atoms with van der Waals surface area (Å²) in [6.45, 7) is 7.37. The van der Waals surface area contributed by atoms with Gasteiger partial charge >= 0.3 is 5.97 Å². The van der Waals surface area contributed by atoms with Gasteiger partial charge in [0.2, 0.25) is 0 Å². The quantitative estimate of drug-likeness (QED) is 0.627. The van der Waals surface area contributed by atoms with Crippen molar-refractivity contribution in [1.82, 2.24) is 0 Å². The summed E-state index contributed by atoms with van der Waals surface area (Å²) in [5, 5.41) is 0. The van der Waals surface area contributed by atoms with Crippen LogP contribution in [0.1, 0.15) is 47.0 Å². The molecule has 0 aromatic carbocycles. The van der Waals surface area contributed by atoms with Crippen LogP contribution in [0.5, 0.6) is 0 Å². The van der Waals surface area contributed by atoms with E-state index in [1.165, 1.54) is 6.92 Å². The van der Waals surface area contributed by atoms with E-state index in [0.717, 1.165) is 6.42 Å². The molecule has 2 rings (SSSR count). The van der Waals surface area contributed by atoms with Crippen molar-refractivity contribution < 1.29 is 13.9 Å². The number of fused-ring (bicyclic) bond motifs is 2. The number of hydrogen-bond acceptors (Lipinski definition) is 2. The zero-order chi connectivity index (χ0) is 11.5. The van der Waals surface area contributed by atoms with Crippen LogP contribution in [0.15, 0.2) is 0 Å². The van der Waals surface area contributed by atoms with Gasteiger partial charge in [0, 0.05) is 24.2 Å². The van der Waals surface area contributed by atoms with E-state index in [0.29, 0.717) is 12.8 Å². The molecule has 2 saturated carbocycles. The van der Waals surface area contributed by atoms with Crippen LogP contribution in [0.3, 0.4) is 0 Å². The summed E-state index contributed by atoms with van der Waals surface area (Å²) >= 11 is 0. The number of halogens is 1. The maximum atomic E-state index is 14.6. The SMILES string of the molecule is CC(=O)OC1CC2(F)CCC1(C)C2(C)C. The predicted octanol–water partition coefficient (Wildman–Crippen LogP) is 2.86. The molecule has 3 heteroatoms. The van der Waals surface area contributed by atoms with Gasteiger partial charge in [-0.3, -0.25) is 4.79 Å². The van der Waals surface area contributed by atoms with E-state index in [1.54, 1.807) is 0 Å². The van der Waals surface area contributed by atoms with Crippen LogP contribution in [0, 0.1) is 10.8 Å². The molecule has 0 aromatic rings. The lowest BCUT2D eigenvalue weighted by molar-refractivity contribution is -0.154. The number of esters is 1. The summed E-state index contributed by atoms with van der Waals surface area (Å²) in [4.78, 5) is 11.0. The molecule has 0 N–H and O–H groups in total. The van der Waals surface area contributed by atoms with Crippen molar-refractivity contribution in [2.45, 2.75) is 58.7 Å². The van der Waals surface area contributed by atoms with Crippen molar-refractivity contribution in [2.75, 3.05) is 0 Å². The van der Waals surface area contributed by atoms with Gasteiger partial charge in [0.15, 0.2) is 0 Å². The van der Waals surface area contributed by atoms with Crippen LogP contribution in [0.2, 0.25) is 0 Å². The molecule has 2 nitrogen and oxygen atoms in total. The van der Waals surface area contributed by atoms with Gasteiger partial charge < -0.3 is 4.74 Å². The fraction of sp³-hybridized carbons (Fsp3) is 0.917. The predicted molar refractivity (Wildman–Crippen MR) is 55.1 cm³/mol. The van der Waals surface area contributed by atoms with Gasteiger partial charge in [0.05, 0.1) is 0 Å². The second kappa shape index (κ2) is 2.74. The first kappa shape index (κ1) is 10.9. The molecule has 0 spiro atoms. The van der Waals surface area contributed by atoms with E-state index in [1.807, 2.05) is 13.8 Å². The first-order valence-corrected chi connectivity index (χ1v) is 5.59. The van der Waals surface area contributed by atoms with Crippen molar-refractivity contribution in [3.05, 3.63) is 0 Å². The highest BCUT2D eigenvalue weighted by molar-refractivity contribution is 5.66. The third kappa shape index (κ3) is 1.12. The molecule has 3 atom stereocenters. The highest BCUT2D eigenvalue weighted by Gasteiger charge is 2.71. The summed E-state index contributed by atoms with van der Waals surface area (Å²) < 4.78 is 19.9. The van der Waals surface area contributed by atoms with E-state index in [2.05, 4.69) is 6.92 Å². The lowest BCUT2D eigenvalue weighted by Crippen LogP contribution is -2.39. The molecular formula is C12H19FO2. The molecule has 0 aliphatic heterocycles. The maximum Gasteiger partial charge on any atom is 0.302 e. The first-order valence-electron chi connectivity index (χ1n) is 5.59. The molecule has 0 saturated heterocycles. The Morgan fingerprint density at radius 1 is 1.33 bits per heavy atom. The second-order valence-corrected chi connectivity index (χ2v) is 5.81. The number of alkyl halides is 1. The van der Waals surface area contributed by atoms with Crippen LogP contribution in [0.4, 0.5) is 4.39 Å². The molecule has 0 radical (unpaired) electrons. The zero-order valence-corrected chi connectivity index (χ0v) is 9.89. The third-order valence-corrected chi connectivity index (χ3v) is 5.12. The number of carbonyl (C=O) groups excluding carboxylic acids is 1. The highest BCUT2D eigenvalue weighted by atomic mass is 19.1. The fourth-order valence-corrected chi connectivity index (χ4v) is 3.41. The summed E-state index contributed by atoms with van der Waals surface area (Å²) in [7, 11) is 0. The van der Waals surface area contributed by atoms with Gasteiger partial charge in [-0.25, -0.2) is 4.39 Å². The summed E-state index contributed by atoms with van der Waals surface area (Å²) in [5.74, 6) is -0.298. The van der Waals surface area contributed by atoms with Gasteiger partial charge in [-0.05, 0) is 12.8 Å². The van der Waals surface area contributed by atoms with Crippen LogP contribution >= 0.6 is 0 Å². The Balaban J connectivity index is 2.32.